The van der Waals surface area contributed by atoms with Gasteiger partial charge in [0, 0.05) is 48.9 Å². The molecule has 0 atom stereocenters. The molecule has 5 heteroatoms. The van der Waals surface area contributed by atoms with Crippen molar-refractivity contribution in [2.75, 3.05) is 13.1 Å². The Hall–Kier alpha value is -3.06. The fourth-order valence-electron chi connectivity index (χ4n) is 5.09. The zero-order valence-corrected chi connectivity index (χ0v) is 22.0. The molecule has 176 valence electrons. The summed E-state index contributed by atoms with van der Waals surface area (Å²) >= 11 is 5.63. The molecular formula is C31H24N2S3. The summed E-state index contributed by atoms with van der Waals surface area (Å²) in [5.74, 6) is 0. The lowest BCUT2D eigenvalue weighted by atomic mass is 9.91. The lowest BCUT2D eigenvalue weighted by Crippen LogP contribution is -2.21. The van der Waals surface area contributed by atoms with E-state index in [1.165, 1.54) is 67.1 Å². The highest BCUT2D eigenvalue weighted by Gasteiger charge is 2.15. The number of benzene rings is 4. The molecule has 0 amide bonds. The van der Waals surface area contributed by atoms with Gasteiger partial charge in [-0.3, -0.25) is 0 Å². The highest BCUT2D eigenvalue weighted by Crippen LogP contribution is 2.44. The monoisotopic (exact) mass is 520 g/mol. The SMILES string of the molecule is NCCNCc1ccc(-c2ccc(-c3ccc(-c4ccc5ccc6cccc7ccc4c5c67)s3)s2)s1. The maximum absolute atomic E-state index is 5.59. The van der Waals surface area contributed by atoms with Gasteiger partial charge in [-0.25, -0.2) is 0 Å². The molecule has 0 fully saturated rings. The Balaban J connectivity index is 1.23. The van der Waals surface area contributed by atoms with Gasteiger partial charge >= 0.3 is 0 Å². The zero-order valence-electron chi connectivity index (χ0n) is 19.6. The van der Waals surface area contributed by atoms with Gasteiger partial charge in [0.15, 0.2) is 0 Å². The summed E-state index contributed by atoms with van der Waals surface area (Å²) < 4.78 is 0. The third-order valence-electron chi connectivity index (χ3n) is 6.77. The molecule has 3 N–H and O–H groups in total. The van der Waals surface area contributed by atoms with Crippen molar-refractivity contribution in [3.8, 4) is 29.9 Å². The number of nitrogens with one attached hydrogen (secondary N) is 1. The second-order valence-corrected chi connectivity index (χ2v) is 12.4. The maximum atomic E-state index is 5.59. The normalized spacial score (nSPS) is 11.9. The second kappa shape index (κ2) is 9.11. The average molecular weight is 521 g/mol. The van der Waals surface area contributed by atoms with Crippen molar-refractivity contribution in [1.82, 2.24) is 5.32 Å². The van der Waals surface area contributed by atoms with E-state index < -0.39 is 0 Å². The fraction of sp³-hybridized carbons (Fsp3) is 0.0968. The van der Waals surface area contributed by atoms with Gasteiger partial charge in [-0.05, 0) is 74.3 Å². The largest absolute Gasteiger partial charge is 0.329 e. The van der Waals surface area contributed by atoms with Crippen LogP contribution in [0.5, 0.6) is 0 Å². The molecule has 0 spiro atoms. The first-order valence-electron chi connectivity index (χ1n) is 12.2. The molecule has 0 saturated carbocycles. The average Bonchev–Trinajstić information content (AvgIpc) is 3.68. The van der Waals surface area contributed by atoms with Crippen LogP contribution in [0.1, 0.15) is 4.88 Å². The van der Waals surface area contributed by atoms with E-state index in [1.54, 1.807) is 0 Å². The van der Waals surface area contributed by atoms with Crippen molar-refractivity contribution < 1.29 is 0 Å². The van der Waals surface area contributed by atoms with Crippen LogP contribution in [-0.4, -0.2) is 13.1 Å². The minimum atomic E-state index is 0.671. The molecule has 0 radical (unpaired) electrons. The van der Waals surface area contributed by atoms with Crippen LogP contribution in [0.25, 0.3) is 62.3 Å². The summed E-state index contributed by atoms with van der Waals surface area (Å²) in [5.41, 5.74) is 6.91. The van der Waals surface area contributed by atoms with Crippen molar-refractivity contribution >= 4 is 66.3 Å². The van der Waals surface area contributed by atoms with E-state index in [9.17, 15) is 0 Å². The lowest BCUT2D eigenvalue weighted by Gasteiger charge is -2.13. The third-order valence-corrected chi connectivity index (χ3v) is 10.5. The second-order valence-electron chi connectivity index (χ2n) is 9.03. The van der Waals surface area contributed by atoms with Gasteiger partial charge in [0.25, 0.3) is 0 Å². The van der Waals surface area contributed by atoms with Crippen LogP contribution in [0.2, 0.25) is 0 Å². The van der Waals surface area contributed by atoms with E-state index in [0.29, 0.717) is 6.54 Å². The van der Waals surface area contributed by atoms with Crippen LogP contribution in [0, 0.1) is 0 Å². The predicted octanol–water partition coefficient (Wildman–Crippen LogP) is 8.82. The minimum absolute atomic E-state index is 0.671. The molecule has 0 aliphatic carbocycles. The molecule has 3 aromatic heterocycles. The standard InChI is InChI=1S/C31H24N2S3/c32-16-17-33-18-22-8-11-26(34-22)27-14-15-29(36-27)28-13-12-25(35-28)23-9-6-21-5-4-19-2-1-3-20-7-10-24(23)31(21)30(19)20/h1-15,33H,16-18,32H2. The van der Waals surface area contributed by atoms with Crippen LogP contribution >= 0.6 is 34.0 Å². The molecule has 2 nitrogen and oxygen atoms in total. The zero-order chi connectivity index (χ0) is 24.1. The Kier molecular flexibility index (Phi) is 5.61. The first-order valence-corrected chi connectivity index (χ1v) is 14.6. The van der Waals surface area contributed by atoms with Crippen LogP contribution in [-0.2, 0) is 6.54 Å². The first-order chi connectivity index (χ1) is 17.8. The summed E-state index contributed by atoms with van der Waals surface area (Å²) in [4.78, 5) is 7.99. The molecule has 36 heavy (non-hydrogen) atoms. The van der Waals surface area contributed by atoms with Gasteiger partial charge in [0.05, 0.1) is 0 Å². The maximum Gasteiger partial charge on any atom is 0.0449 e. The highest BCUT2D eigenvalue weighted by molar-refractivity contribution is 7.27. The number of rotatable bonds is 7. The molecule has 0 saturated heterocycles. The quantitative estimate of drug-likeness (QED) is 0.163. The Labute approximate surface area is 222 Å². The molecule has 0 unspecified atom stereocenters. The molecule has 0 bridgehead atoms. The van der Waals surface area contributed by atoms with Gasteiger partial charge in [0.1, 0.15) is 0 Å². The van der Waals surface area contributed by atoms with Gasteiger partial charge < -0.3 is 11.1 Å². The van der Waals surface area contributed by atoms with Gasteiger partial charge in [-0.1, -0.05) is 54.6 Å². The van der Waals surface area contributed by atoms with Crippen molar-refractivity contribution in [2.24, 2.45) is 5.73 Å². The Morgan fingerprint density at radius 3 is 1.89 bits per heavy atom. The number of thiophene rings is 3. The summed E-state index contributed by atoms with van der Waals surface area (Å²) in [6.45, 7) is 2.40. The molecule has 4 aromatic carbocycles. The fourth-order valence-corrected chi connectivity index (χ4v) is 8.30. The van der Waals surface area contributed by atoms with E-state index in [2.05, 4.69) is 96.3 Å². The molecule has 7 rings (SSSR count). The third kappa shape index (κ3) is 3.76. The Morgan fingerprint density at radius 1 is 0.556 bits per heavy atom. The molecule has 7 aromatic rings. The van der Waals surface area contributed by atoms with Crippen LogP contribution in [0.15, 0.2) is 91.0 Å². The summed E-state index contributed by atoms with van der Waals surface area (Å²) in [7, 11) is 0. The number of hydrogen-bond acceptors (Lipinski definition) is 5. The number of nitrogens with two attached hydrogens (primary N) is 1. The molecular weight excluding hydrogens is 497 g/mol. The Bertz CT molecular complexity index is 1800. The molecule has 0 aliphatic heterocycles. The van der Waals surface area contributed by atoms with Gasteiger partial charge in [-0.2, -0.15) is 0 Å². The summed E-state index contributed by atoms with van der Waals surface area (Å²) in [5, 5.41) is 11.4. The summed E-state index contributed by atoms with van der Waals surface area (Å²) in [6.07, 6.45) is 0. The lowest BCUT2D eigenvalue weighted by molar-refractivity contribution is 0.702. The van der Waals surface area contributed by atoms with E-state index in [4.69, 9.17) is 5.73 Å². The number of hydrogen-bond donors (Lipinski definition) is 2. The smallest absolute Gasteiger partial charge is 0.0449 e. The molecule has 3 heterocycles. The summed E-state index contributed by atoms with van der Waals surface area (Å²) in [6, 6.07) is 33.8. The van der Waals surface area contributed by atoms with Crippen LogP contribution in [0.3, 0.4) is 0 Å². The van der Waals surface area contributed by atoms with Crippen molar-refractivity contribution in [2.45, 2.75) is 6.54 Å². The van der Waals surface area contributed by atoms with E-state index in [-0.39, 0.29) is 0 Å². The predicted molar refractivity (Wildman–Crippen MR) is 161 cm³/mol. The topological polar surface area (TPSA) is 38.0 Å². The van der Waals surface area contributed by atoms with Crippen molar-refractivity contribution in [3.05, 3.63) is 95.9 Å². The van der Waals surface area contributed by atoms with E-state index >= 15 is 0 Å². The first kappa shape index (κ1) is 22.2. The molecule has 0 aliphatic rings. The van der Waals surface area contributed by atoms with Gasteiger partial charge in [-0.15, -0.1) is 34.0 Å². The van der Waals surface area contributed by atoms with Crippen molar-refractivity contribution in [3.63, 3.8) is 0 Å². The van der Waals surface area contributed by atoms with Crippen LogP contribution < -0.4 is 11.1 Å². The highest BCUT2D eigenvalue weighted by atomic mass is 32.1. The van der Waals surface area contributed by atoms with Crippen LogP contribution in [0.4, 0.5) is 0 Å². The Morgan fingerprint density at radius 2 is 1.14 bits per heavy atom. The van der Waals surface area contributed by atoms with E-state index in [0.717, 1.165) is 13.1 Å². The van der Waals surface area contributed by atoms with Crippen molar-refractivity contribution in [1.29, 1.82) is 0 Å². The van der Waals surface area contributed by atoms with Gasteiger partial charge in [0.2, 0.25) is 0 Å². The minimum Gasteiger partial charge on any atom is -0.329 e. The van der Waals surface area contributed by atoms with E-state index in [1.807, 2.05) is 34.0 Å².